The normalized spacial score (nSPS) is 13.3. The van der Waals surface area contributed by atoms with Crippen molar-refractivity contribution in [3.8, 4) is 11.1 Å². The molecule has 0 aliphatic carbocycles. The predicted octanol–water partition coefficient (Wildman–Crippen LogP) is 4.34. The summed E-state index contributed by atoms with van der Waals surface area (Å²) in [4.78, 5) is 0. The number of hydrogen-bond donors (Lipinski definition) is 1. The minimum atomic E-state index is -4.39. The summed E-state index contributed by atoms with van der Waals surface area (Å²) in [7, 11) is 0. The SMILES string of the molecule is OC(CC(F)(F)F)c1ccccc1-c1ccccc1. The summed E-state index contributed by atoms with van der Waals surface area (Å²) in [5.74, 6) is 0. The molecule has 0 amide bonds. The van der Waals surface area contributed by atoms with Crippen molar-refractivity contribution >= 4 is 0 Å². The fraction of sp³-hybridized carbons (Fsp3) is 0.200. The summed E-state index contributed by atoms with van der Waals surface area (Å²) < 4.78 is 37.1. The lowest BCUT2D eigenvalue weighted by molar-refractivity contribution is -0.154. The van der Waals surface area contributed by atoms with Crippen molar-refractivity contribution in [3.05, 3.63) is 60.2 Å². The molecule has 0 saturated heterocycles. The first kappa shape index (κ1) is 13.6. The van der Waals surface area contributed by atoms with Crippen LogP contribution in [0.1, 0.15) is 18.1 Å². The van der Waals surface area contributed by atoms with Gasteiger partial charge in [0.1, 0.15) is 0 Å². The van der Waals surface area contributed by atoms with Crippen molar-refractivity contribution < 1.29 is 18.3 Å². The second-order valence-electron chi connectivity index (χ2n) is 4.29. The molecule has 2 aromatic rings. The molecule has 2 rings (SSSR count). The largest absolute Gasteiger partial charge is 0.391 e. The smallest absolute Gasteiger partial charge is 0.388 e. The third-order valence-corrected chi connectivity index (χ3v) is 2.83. The van der Waals surface area contributed by atoms with E-state index < -0.39 is 18.7 Å². The van der Waals surface area contributed by atoms with Gasteiger partial charge in [0.15, 0.2) is 0 Å². The summed E-state index contributed by atoms with van der Waals surface area (Å²) >= 11 is 0. The number of aliphatic hydroxyl groups is 1. The zero-order chi connectivity index (χ0) is 13.9. The van der Waals surface area contributed by atoms with E-state index in [0.717, 1.165) is 5.56 Å². The Kier molecular flexibility index (Phi) is 3.90. The Labute approximate surface area is 109 Å². The minimum Gasteiger partial charge on any atom is -0.388 e. The molecule has 4 heteroatoms. The number of aliphatic hydroxyl groups excluding tert-OH is 1. The third kappa shape index (κ3) is 3.58. The Morgan fingerprint density at radius 2 is 1.47 bits per heavy atom. The van der Waals surface area contributed by atoms with Gasteiger partial charge in [0.05, 0.1) is 12.5 Å². The van der Waals surface area contributed by atoms with Gasteiger partial charge in [-0.3, -0.25) is 0 Å². The van der Waals surface area contributed by atoms with Crippen LogP contribution in [0.15, 0.2) is 54.6 Å². The average Bonchev–Trinajstić information content (AvgIpc) is 2.38. The lowest BCUT2D eigenvalue weighted by Crippen LogP contribution is -2.14. The second kappa shape index (κ2) is 5.45. The molecule has 0 saturated carbocycles. The van der Waals surface area contributed by atoms with Gasteiger partial charge in [-0.1, -0.05) is 54.6 Å². The molecule has 0 spiro atoms. The van der Waals surface area contributed by atoms with Crippen LogP contribution in [0.3, 0.4) is 0 Å². The topological polar surface area (TPSA) is 20.2 Å². The van der Waals surface area contributed by atoms with Gasteiger partial charge >= 0.3 is 6.18 Å². The minimum absolute atomic E-state index is 0.297. The van der Waals surface area contributed by atoms with Crippen molar-refractivity contribution in [1.82, 2.24) is 0 Å². The summed E-state index contributed by atoms with van der Waals surface area (Å²) in [5.41, 5.74) is 1.71. The van der Waals surface area contributed by atoms with Crippen LogP contribution in [-0.4, -0.2) is 11.3 Å². The van der Waals surface area contributed by atoms with E-state index in [1.165, 1.54) is 6.07 Å². The van der Waals surface area contributed by atoms with Crippen LogP contribution >= 0.6 is 0 Å². The van der Waals surface area contributed by atoms with E-state index >= 15 is 0 Å². The first-order chi connectivity index (χ1) is 8.97. The molecular formula is C15H13F3O. The fourth-order valence-electron chi connectivity index (χ4n) is 2.00. The highest BCUT2D eigenvalue weighted by atomic mass is 19.4. The summed E-state index contributed by atoms with van der Waals surface area (Å²) in [6.45, 7) is 0. The molecule has 19 heavy (non-hydrogen) atoms. The zero-order valence-corrected chi connectivity index (χ0v) is 10.1. The number of benzene rings is 2. The molecule has 1 unspecified atom stereocenters. The van der Waals surface area contributed by atoms with Crippen LogP contribution in [0.4, 0.5) is 13.2 Å². The van der Waals surface area contributed by atoms with Crippen LogP contribution in [-0.2, 0) is 0 Å². The maximum atomic E-state index is 12.4. The molecule has 1 N–H and O–H groups in total. The Hall–Kier alpha value is -1.81. The molecular weight excluding hydrogens is 253 g/mol. The van der Waals surface area contributed by atoms with E-state index in [1.807, 2.05) is 18.2 Å². The first-order valence-electron chi connectivity index (χ1n) is 5.86. The van der Waals surface area contributed by atoms with E-state index in [4.69, 9.17) is 0 Å². The van der Waals surface area contributed by atoms with Crippen molar-refractivity contribution in [1.29, 1.82) is 0 Å². The van der Waals surface area contributed by atoms with Gasteiger partial charge < -0.3 is 5.11 Å². The zero-order valence-electron chi connectivity index (χ0n) is 10.1. The van der Waals surface area contributed by atoms with Gasteiger partial charge in [0.2, 0.25) is 0 Å². The second-order valence-corrected chi connectivity index (χ2v) is 4.29. The standard InChI is InChI=1S/C15H13F3O/c16-15(17,18)10-14(19)13-9-5-4-8-12(13)11-6-2-1-3-7-11/h1-9,14,19H,10H2. The van der Waals surface area contributed by atoms with Crippen LogP contribution in [0.2, 0.25) is 0 Å². The molecule has 0 aliphatic rings. The van der Waals surface area contributed by atoms with E-state index in [1.54, 1.807) is 30.3 Å². The van der Waals surface area contributed by atoms with E-state index in [9.17, 15) is 18.3 Å². The number of halogens is 3. The summed E-state index contributed by atoms with van der Waals surface area (Å²) in [6, 6.07) is 15.7. The van der Waals surface area contributed by atoms with Gasteiger partial charge in [-0.25, -0.2) is 0 Å². The van der Waals surface area contributed by atoms with E-state index in [-0.39, 0.29) is 0 Å². The molecule has 0 heterocycles. The Morgan fingerprint density at radius 1 is 0.895 bits per heavy atom. The molecule has 0 aromatic heterocycles. The molecule has 2 aromatic carbocycles. The first-order valence-corrected chi connectivity index (χ1v) is 5.86. The predicted molar refractivity (Wildman–Crippen MR) is 67.5 cm³/mol. The lowest BCUT2D eigenvalue weighted by Gasteiger charge is -2.17. The van der Waals surface area contributed by atoms with Crippen LogP contribution < -0.4 is 0 Å². The van der Waals surface area contributed by atoms with Gasteiger partial charge in [0, 0.05) is 0 Å². The van der Waals surface area contributed by atoms with Gasteiger partial charge in [-0.2, -0.15) is 13.2 Å². The Bertz CT molecular complexity index is 535. The number of rotatable bonds is 3. The highest BCUT2D eigenvalue weighted by Crippen LogP contribution is 2.34. The van der Waals surface area contributed by atoms with Crippen molar-refractivity contribution in [2.24, 2.45) is 0 Å². The maximum absolute atomic E-state index is 12.4. The van der Waals surface area contributed by atoms with E-state index in [2.05, 4.69) is 0 Å². The van der Waals surface area contributed by atoms with Gasteiger partial charge in [-0.05, 0) is 16.7 Å². The summed E-state index contributed by atoms with van der Waals surface area (Å²) in [5, 5.41) is 9.78. The molecule has 0 fully saturated rings. The van der Waals surface area contributed by atoms with Gasteiger partial charge in [-0.15, -0.1) is 0 Å². The van der Waals surface area contributed by atoms with E-state index in [0.29, 0.717) is 11.1 Å². The van der Waals surface area contributed by atoms with Crippen molar-refractivity contribution in [2.45, 2.75) is 18.7 Å². The molecule has 100 valence electrons. The highest BCUT2D eigenvalue weighted by Gasteiger charge is 2.32. The quantitative estimate of drug-likeness (QED) is 0.876. The molecule has 0 radical (unpaired) electrons. The highest BCUT2D eigenvalue weighted by molar-refractivity contribution is 5.67. The molecule has 0 aliphatic heterocycles. The third-order valence-electron chi connectivity index (χ3n) is 2.83. The number of alkyl halides is 3. The molecule has 1 atom stereocenters. The maximum Gasteiger partial charge on any atom is 0.391 e. The molecule has 1 nitrogen and oxygen atoms in total. The average molecular weight is 266 g/mol. The molecule has 0 bridgehead atoms. The van der Waals surface area contributed by atoms with Crippen molar-refractivity contribution in [2.75, 3.05) is 0 Å². The summed E-state index contributed by atoms with van der Waals surface area (Å²) in [6.07, 6.45) is -7.17. The lowest BCUT2D eigenvalue weighted by atomic mass is 9.95. The Balaban J connectivity index is 2.37. The monoisotopic (exact) mass is 266 g/mol. The van der Waals surface area contributed by atoms with Crippen LogP contribution in [0.25, 0.3) is 11.1 Å². The van der Waals surface area contributed by atoms with Crippen LogP contribution in [0.5, 0.6) is 0 Å². The fourth-order valence-corrected chi connectivity index (χ4v) is 2.00. The van der Waals surface area contributed by atoms with Crippen LogP contribution in [0, 0.1) is 0 Å². The Morgan fingerprint density at radius 3 is 2.11 bits per heavy atom. The number of hydrogen-bond acceptors (Lipinski definition) is 1. The van der Waals surface area contributed by atoms with Gasteiger partial charge in [0.25, 0.3) is 0 Å². The van der Waals surface area contributed by atoms with Crippen molar-refractivity contribution in [3.63, 3.8) is 0 Å².